The third-order valence-electron chi connectivity index (χ3n) is 6.33. The topological polar surface area (TPSA) is 40.6 Å². The first kappa shape index (κ1) is 19.2. The summed E-state index contributed by atoms with van der Waals surface area (Å²) in [5, 5.41) is 4.23. The van der Waals surface area contributed by atoms with Gasteiger partial charge in [0.25, 0.3) is 0 Å². The monoisotopic (exact) mass is 396 g/mol. The van der Waals surface area contributed by atoms with Gasteiger partial charge in [-0.15, -0.1) is 0 Å². The highest BCUT2D eigenvalue weighted by molar-refractivity contribution is 7.08. The summed E-state index contributed by atoms with van der Waals surface area (Å²) in [6, 6.07) is 10.7. The molecule has 1 saturated carbocycles. The molecule has 0 N–H and O–H groups in total. The van der Waals surface area contributed by atoms with Crippen LogP contribution in [0.4, 0.5) is 0 Å². The van der Waals surface area contributed by atoms with Crippen molar-refractivity contribution in [1.82, 2.24) is 9.80 Å². The molecule has 0 bridgehead atoms. The lowest BCUT2D eigenvalue weighted by Gasteiger charge is -2.33. The lowest BCUT2D eigenvalue weighted by Crippen LogP contribution is -2.46. The Labute approximate surface area is 171 Å². The van der Waals surface area contributed by atoms with Crippen LogP contribution in [0.2, 0.25) is 0 Å². The molecule has 2 heterocycles. The van der Waals surface area contributed by atoms with Gasteiger partial charge in [-0.3, -0.25) is 9.59 Å². The summed E-state index contributed by atoms with van der Waals surface area (Å²) in [7, 11) is 3.64. The first-order valence-corrected chi connectivity index (χ1v) is 11.0. The number of likely N-dealkylation sites (tertiary alicyclic amines) is 1. The van der Waals surface area contributed by atoms with Gasteiger partial charge in [-0.2, -0.15) is 11.3 Å². The molecule has 148 valence electrons. The molecular formula is C23H28N2O2S. The van der Waals surface area contributed by atoms with E-state index in [9.17, 15) is 9.59 Å². The Morgan fingerprint density at radius 1 is 1.14 bits per heavy atom. The van der Waals surface area contributed by atoms with E-state index < -0.39 is 5.41 Å². The second kappa shape index (κ2) is 7.70. The molecule has 4 rings (SSSR count). The van der Waals surface area contributed by atoms with Crippen molar-refractivity contribution >= 4 is 23.2 Å². The van der Waals surface area contributed by atoms with Crippen molar-refractivity contribution in [2.24, 2.45) is 11.3 Å². The highest BCUT2D eigenvalue weighted by atomic mass is 32.1. The maximum absolute atomic E-state index is 13.1. The van der Waals surface area contributed by atoms with Crippen LogP contribution >= 0.6 is 11.3 Å². The van der Waals surface area contributed by atoms with E-state index in [0.717, 1.165) is 31.2 Å². The minimum Gasteiger partial charge on any atom is -0.348 e. The highest BCUT2D eigenvalue weighted by Crippen LogP contribution is 2.39. The second-order valence-corrected chi connectivity index (χ2v) is 9.28. The van der Waals surface area contributed by atoms with Gasteiger partial charge in [-0.05, 0) is 59.2 Å². The zero-order chi connectivity index (χ0) is 19.7. The van der Waals surface area contributed by atoms with E-state index in [4.69, 9.17) is 0 Å². The number of rotatable bonds is 5. The second-order valence-electron chi connectivity index (χ2n) is 8.50. The minimum absolute atomic E-state index is 0.137. The number of amides is 2. The number of hydrogen-bond acceptors (Lipinski definition) is 3. The molecule has 2 aliphatic rings. The van der Waals surface area contributed by atoms with Crippen molar-refractivity contribution < 1.29 is 9.59 Å². The molecule has 1 aliphatic carbocycles. The summed E-state index contributed by atoms with van der Waals surface area (Å²) in [6.45, 7) is 1.24. The van der Waals surface area contributed by atoms with Crippen LogP contribution in [0.3, 0.4) is 0 Å². The number of hydrogen-bond donors (Lipinski definition) is 0. The zero-order valence-electron chi connectivity index (χ0n) is 16.7. The summed E-state index contributed by atoms with van der Waals surface area (Å²) in [5.74, 6) is 0.584. The highest BCUT2D eigenvalue weighted by Gasteiger charge is 2.47. The molecule has 1 aliphatic heterocycles. The van der Waals surface area contributed by atoms with Crippen molar-refractivity contribution in [3.63, 3.8) is 0 Å². The SMILES string of the molecule is CN(C)C(=O)[C@]1(Cc2ccc(-c3ccsc3)cc2)CCN(C(=O)C2CCC2)C1. The van der Waals surface area contributed by atoms with Crippen molar-refractivity contribution in [2.75, 3.05) is 27.2 Å². The molecule has 2 aromatic rings. The number of carbonyl (C=O) groups is 2. The fourth-order valence-corrected chi connectivity index (χ4v) is 5.14. The smallest absolute Gasteiger partial charge is 0.230 e. The maximum Gasteiger partial charge on any atom is 0.230 e. The molecule has 0 radical (unpaired) electrons. The van der Waals surface area contributed by atoms with Gasteiger partial charge in [0.05, 0.1) is 5.41 Å². The van der Waals surface area contributed by atoms with Crippen molar-refractivity contribution in [1.29, 1.82) is 0 Å². The van der Waals surface area contributed by atoms with Crippen LogP contribution in [0.25, 0.3) is 11.1 Å². The average Bonchev–Trinajstić information content (AvgIpc) is 3.31. The van der Waals surface area contributed by atoms with Crippen LogP contribution in [0.5, 0.6) is 0 Å². The summed E-state index contributed by atoms with van der Waals surface area (Å²) in [5.41, 5.74) is 3.08. The predicted octanol–water partition coefficient (Wildman–Crippen LogP) is 4.06. The van der Waals surface area contributed by atoms with Gasteiger partial charge in [-0.25, -0.2) is 0 Å². The Hall–Kier alpha value is -2.14. The molecule has 1 aromatic carbocycles. The van der Waals surface area contributed by atoms with Gasteiger partial charge in [0.2, 0.25) is 11.8 Å². The molecule has 2 fully saturated rings. The fraction of sp³-hybridized carbons (Fsp3) is 0.478. The Kier molecular flexibility index (Phi) is 5.28. The van der Waals surface area contributed by atoms with E-state index in [1.165, 1.54) is 11.1 Å². The molecule has 5 heteroatoms. The van der Waals surface area contributed by atoms with Crippen molar-refractivity contribution in [3.05, 3.63) is 46.7 Å². The molecule has 0 spiro atoms. The normalized spacial score (nSPS) is 22.1. The number of benzene rings is 1. The summed E-state index contributed by atoms with van der Waals surface area (Å²) >= 11 is 1.70. The molecular weight excluding hydrogens is 368 g/mol. The van der Waals surface area contributed by atoms with E-state index in [1.54, 1.807) is 16.2 Å². The van der Waals surface area contributed by atoms with Crippen LogP contribution in [-0.4, -0.2) is 48.8 Å². The summed E-state index contributed by atoms with van der Waals surface area (Å²) in [6.07, 6.45) is 4.60. The fourth-order valence-electron chi connectivity index (χ4n) is 4.48. The van der Waals surface area contributed by atoms with Gasteiger partial charge in [0, 0.05) is 33.1 Å². The van der Waals surface area contributed by atoms with Gasteiger partial charge in [0.15, 0.2) is 0 Å². The van der Waals surface area contributed by atoms with Crippen LogP contribution in [0, 0.1) is 11.3 Å². The van der Waals surface area contributed by atoms with E-state index in [1.807, 2.05) is 19.0 Å². The first-order valence-electron chi connectivity index (χ1n) is 10.1. The Bertz CT molecular complexity index is 840. The Morgan fingerprint density at radius 3 is 2.46 bits per heavy atom. The lowest BCUT2D eigenvalue weighted by atomic mass is 9.79. The molecule has 0 unspecified atom stereocenters. The van der Waals surface area contributed by atoms with Gasteiger partial charge in [0.1, 0.15) is 0 Å². The summed E-state index contributed by atoms with van der Waals surface area (Å²) < 4.78 is 0. The van der Waals surface area contributed by atoms with E-state index in [2.05, 4.69) is 41.1 Å². The van der Waals surface area contributed by atoms with Gasteiger partial charge < -0.3 is 9.80 Å². The van der Waals surface area contributed by atoms with E-state index in [-0.39, 0.29) is 17.7 Å². The van der Waals surface area contributed by atoms with Crippen LogP contribution in [-0.2, 0) is 16.0 Å². The molecule has 1 aromatic heterocycles. The standard InChI is InChI=1S/C23H28N2O2S/c1-24(2)22(27)23(11-12-25(16-23)21(26)19-4-3-5-19)14-17-6-8-18(9-7-17)20-10-13-28-15-20/h6-10,13,15,19H,3-5,11-12,14,16H2,1-2H3/t23-/m0/s1. The number of carbonyl (C=O) groups excluding carboxylic acids is 2. The predicted molar refractivity (Wildman–Crippen MR) is 113 cm³/mol. The Morgan fingerprint density at radius 2 is 1.89 bits per heavy atom. The minimum atomic E-state index is -0.507. The zero-order valence-corrected chi connectivity index (χ0v) is 17.5. The quantitative estimate of drug-likeness (QED) is 0.765. The molecule has 28 heavy (non-hydrogen) atoms. The van der Waals surface area contributed by atoms with Crippen molar-refractivity contribution in [2.45, 2.75) is 32.1 Å². The van der Waals surface area contributed by atoms with Crippen LogP contribution in [0.15, 0.2) is 41.1 Å². The van der Waals surface area contributed by atoms with Gasteiger partial charge >= 0.3 is 0 Å². The van der Waals surface area contributed by atoms with Crippen LogP contribution in [0.1, 0.15) is 31.2 Å². The first-order chi connectivity index (χ1) is 13.5. The third kappa shape index (κ3) is 3.60. The number of nitrogens with zero attached hydrogens (tertiary/aromatic N) is 2. The Balaban J connectivity index is 1.53. The molecule has 1 atom stereocenters. The average molecular weight is 397 g/mol. The molecule has 4 nitrogen and oxygen atoms in total. The molecule has 2 amide bonds. The van der Waals surface area contributed by atoms with Crippen molar-refractivity contribution in [3.8, 4) is 11.1 Å². The summed E-state index contributed by atoms with van der Waals surface area (Å²) in [4.78, 5) is 29.5. The lowest BCUT2D eigenvalue weighted by molar-refractivity contribution is -0.141. The maximum atomic E-state index is 13.1. The molecule has 1 saturated heterocycles. The third-order valence-corrected chi connectivity index (χ3v) is 7.01. The number of thiophene rings is 1. The van der Waals surface area contributed by atoms with Gasteiger partial charge in [-0.1, -0.05) is 30.7 Å². The van der Waals surface area contributed by atoms with E-state index in [0.29, 0.717) is 19.5 Å². The van der Waals surface area contributed by atoms with E-state index >= 15 is 0 Å². The largest absolute Gasteiger partial charge is 0.348 e. The van der Waals surface area contributed by atoms with Crippen LogP contribution < -0.4 is 0 Å².